The molecule has 0 bridgehead atoms. The first kappa shape index (κ1) is 26.3. The van der Waals surface area contributed by atoms with Crippen LogP contribution in [0, 0.1) is 0 Å². The quantitative estimate of drug-likeness (QED) is 0.238. The highest BCUT2D eigenvalue weighted by molar-refractivity contribution is 8.00. The number of carbonyl (C=O) groups is 2. The van der Waals surface area contributed by atoms with Crippen LogP contribution < -0.4 is 5.32 Å². The lowest BCUT2D eigenvalue weighted by molar-refractivity contribution is -0.158. The Hall–Kier alpha value is -3.35. The van der Waals surface area contributed by atoms with Gasteiger partial charge in [-0.3, -0.25) is 15.0 Å². The minimum absolute atomic E-state index is 0.110. The number of hydrogen-bond acceptors (Lipinski definition) is 5. The first-order valence-corrected chi connectivity index (χ1v) is 14.2. The Labute approximate surface area is 229 Å². The van der Waals surface area contributed by atoms with Gasteiger partial charge >= 0.3 is 5.97 Å². The fourth-order valence-electron chi connectivity index (χ4n) is 5.32. The number of nitrogens with one attached hydrogen (secondary N) is 1. The number of benzene rings is 3. The van der Waals surface area contributed by atoms with Gasteiger partial charge in [0.2, 0.25) is 5.91 Å². The molecular formula is C32H34N2O3S. The zero-order valence-corrected chi connectivity index (χ0v) is 23.1. The van der Waals surface area contributed by atoms with E-state index >= 15 is 0 Å². The molecule has 2 heterocycles. The van der Waals surface area contributed by atoms with E-state index in [0.717, 1.165) is 22.3 Å². The molecule has 0 radical (unpaired) electrons. The van der Waals surface area contributed by atoms with E-state index in [2.05, 4.69) is 41.7 Å². The van der Waals surface area contributed by atoms with E-state index in [4.69, 9.17) is 4.74 Å². The van der Waals surface area contributed by atoms with Crippen LogP contribution in [0.3, 0.4) is 0 Å². The van der Waals surface area contributed by atoms with Gasteiger partial charge < -0.3 is 4.74 Å². The number of thioether (sulfide) groups is 1. The van der Waals surface area contributed by atoms with Crippen molar-refractivity contribution in [1.82, 2.24) is 10.2 Å². The van der Waals surface area contributed by atoms with Gasteiger partial charge in [0.1, 0.15) is 22.7 Å². The number of rotatable bonds is 7. The van der Waals surface area contributed by atoms with Gasteiger partial charge in [-0.2, -0.15) is 0 Å². The zero-order chi connectivity index (χ0) is 26.9. The topological polar surface area (TPSA) is 58.6 Å². The van der Waals surface area contributed by atoms with Crippen molar-refractivity contribution < 1.29 is 14.3 Å². The summed E-state index contributed by atoms with van der Waals surface area (Å²) in [4.78, 5) is 28.8. The largest absolute Gasteiger partial charge is 0.455 e. The van der Waals surface area contributed by atoms with Gasteiger partial charge in [-0.05, 0) is 49.5 Å². The van der Waals surface area contributed by atoms with Crippen LogP contribution in [-0.4, -0.2) is 39.5 Å². The monoisotopic (exact) mass is 526 g/mol. The molecule has 5 nitrogen and oxygen atoms in total. The summed E-state index contributed by atoms with van der Waals surface area (Å²) in [5.41, 5.74) is 3.09. The lowest BCUT2D eigenvalue weighted by Crippen LogP contribution is -2.72. The van der Waals surface area contributed by atoms with Crippen LogP contribution >= 0.6 is 11.8 Å². The van der Waals surface area contributed by atoms with Gasteiger partial charge in [0, 0.05) is 5.75 Å². The fourth-order valence-corrected chi connectivity index (χ4v) is 6.76. The summed E-state index contributed by atoms with van der Waals surface area (Å²) in [6.07, 6.45) is 0.693. The van der Waals surface area contributed by atoms with Crippen LogP contribution in [0.25, 0.3) is 0 Å². The minimum atomic E-state index is -0.766. The number of nitrogens with zero attached hydrogens (tertiary/aromatic N) is 1. The van der Waals surface area contributed by atoms with Crippen molar-refractivity contribution in [1.29, 1.82) is 0 Å². The third-order valence-corrected chi connectivity index (χ3v) is 8.40. The molecule has 1 fully saturated rings. The van der Waals surface area contributed by atoms with Crippen molar-refractivity contribution in [2.24, 2.45) is 0 Å². The molecule has 3 aromatic rings. The van der Waals surface area contributed by atoms with E-state index in [1.165, 1.54) is 0 Å². The third-order valence-electron chi connectivity index (χ3n) is 7.06. The van der Waals surface area contributed by atoms with Crippen molar-refractivity contribution in [3.8, 4) is 0 Å². The van der Waals surface area contributed by atoms with Gasteiger partial charge in [0.25, 0.3) is 0 Å². The molecule has 2 aliphatic rings. The Morgan fingerprint density at radius 2 is 1.37 bits per heavy atom. The number of β-lactam (4-membered cyclic amide) rings is 1. The molecule has 3 aromatic carbocycles. The van der Waals surface area contributed by atoms with Crippen molar-refractivity contribution in [3.63, 3.8) is 0 Å². The number of ether oxygens (including phenoxy) is 1. The molecule has 0 aliphatic carbocycles. The number of fused-ring (bicyclic) bond motifs is 1. The summed E-state index contributed by atoms with van der Waals surface area (Å²) in [5.74, 6) is 0.153. The van der Waals surface area contributed by atoms with Gasteiger partial charge in [-0.15, -0.1) is 11.8 Å². The standard InChI is InChI=1S/C32H34N2O3S/c1-5-22-21-38-29-26(28(35)34(29)27(22)30(36)37-31(2,3)4)33-32(23-15-9-6-10-16-23,24-17-11-7-12-18-24)25-19-13-8-14-20-25/h6-20,26,29,33H,5,21H2,1-4H3/t26?,29-/m1/s1. The molecule has 1 N–H and O–H groups in total. The van der Waals surface area contributed by atoms with Crippen LogP contribution in [0.2, 0.25) is 0 Å². The molecule has 196 valence electrons. The van der Waals surface area contributed by atoms with Gasteiger partial charge in [0.05, 0.1) is 5.54 Å². The first-order chi connectivity index (χ1) is 18.3. The molecule has 6 heteroatoms. The number of amides is 1. The molecule has 1 unspecified atom stereocenters. The second kappa shape index (κ2) is 10.4. The number of esters is 1. The minimum Gasteiger partial charge on any atom is -0.455 e. The van der Waals surface area contributed by atoms with Crippen molar-refractivity contribution >= 4 is 23.6 Å². The van der Waals surface area contributed by atoms with Crippen molar-refractivity contribution in [2.45, 2.75) is 56.7 Å². The molecule has 5 rings (SSSR count). The van der Waals surface area contributed by atoms with E-state index in [1.807, 2.05) is 82.3 Å². The van der Waals surface area contributed by atoms with E-state index in [1.54, 1.807) is 16.7 Å². The second-order valence-corrected chi connectivity index (χ2v) is 11.8. The zero-order valence-electron chi connectivity index (χ0n) is 22.3. The summed E-state index contributed by atoms with van der Waals surface area (Å²) in [6.45, 7) is 7.57. The average molecular weight is 527 g/mol. The van der Waals surface area contributed by atoms with Gasteiger partial charge in [0.15, 0.2) is 0 Å². The maximum Gasteiger partial charge on any atom is 0.355 e. The van der Waals surface area contributed by atoms with Crippen LogP contribution in [0.4, 0.5) is 0 Å². The Balaban J connectivity index is 1.58. The number of carbonyl (C=O) groups excluding carboxylic acids is 2. The third kappa shape index (κ3) is 4.67. The molecule has 2 aliphatic heterocycles. The lowest BCUT2D eigenvalue weighted by atomic mass is 9.76. The van der Waals surface area contributed by atoms with Crippen LogP contribution in [0.5, 0.6) is 0 Å². The highest BCUT2D eigenvalue weighted by atomic mass is 32.2. The van der Waals surface area contributed by atoms with Crippen LogP contribution in [0.15, 0.2) is 102 Å². The molecule has 0 aromatic heterocycles. The van der Waals surface area contributed by atoms with E-state index in [9.17, 15) is 9.59 Å². The van der Waals surface area contributed by atoms with Crippen molar-refractivity contribution in [3.05, 3.63) is 119 Å². The maximum absolute atomic E-state index is 13.9. The SMILES string of the molecule is CCC1=C(C(=O)OC(C)(C)C)N2C(=O)C(NC(c3ccccc3)(c3ccccc3)c3ccccc3)[C@H]2SC1. The maximum atomic E-state index is 13.9. The van der Waals surface area contributed by atoms with E-state index in [-0.39, 0.29) is 11.3 Å². The van der Waals surface area contributed by atoms with Gasteiger partial charge in [-0.25, -0.2) is 4.79 Å². The summed E-state index contributed by atoms with van der Waals surface area (Å²) < 4.78 is 5.73. The summed E-state index contributed by atoms with van der Waals surface area (Å²) in [7, 11) is 0. The molecule has 0 saturated carbocycles. The first-order valence-electron chi connectivity index (χ1n) is 13.1. The molecule has 38 heavy (non-hydrogen) atoms. The Bertz CT molecular complexity index is 1240. The summed E-state index contributed by atoms with van der Waals surface area (Å²) >= 11 is 1.70. The number of hydrogen-bond donors (Lipinski definition) is 1. The Kier molecular flexibility index (Phi) is 7.21. The predicted octanol–water partition coefficient (Wildman–Crippen LogP) is 5.86. The highest BCUT2D eigenvalue weighted by Gasteiger charge is 2.56. The van der Waals surface area contributed by atoms with E-state index in [0.29, 0.717) is 17.9 Å². The van der Waals surface area contributed by atoms with Gasteiger partial charge in [-0.1, -0.05) is 97.9 Å². The second-order valence-electron chi connectivity index (χ2n) is 10.7. The average Bonchev–Trinajstić information content (AvgIpc) is 2.93. The molecular weight excluding hydrogens is 492 g/mol. The van der Waals surface area contributed by atoms with Crippen molar-refractivity contribution in [2.75, 3.05) is 5.75 Å². The molecule has 1 saturated heterocycles. The fraction of sp³-hybridized carbons (Fsp3) is 0.312. The lowest BCUT2D eigenvalue weighted by Gasteiger charge is -2.53. The predicted molar refractivity (Wildman–Crippen MR) is 152 cm³/mol. The van der Waals surface area contributed by atoms with Crippen LogP contribution in [0.1, 0.15) is 50.8 Å². The summed E-state index contributed by atoms with van der Waals surface area (Å²) in [5, 5.41) is 3.61. The Morgan fingerprint density at radius 1 is 0.895 bits per heavy atom. The summed E-state index contributed by atoms with van der Waals surface area (Å²) in [6, 6.07) is 30.3. The smallest absolute Gasteiger partial charge is 0.355 e. The normalized spacial score (nSPS) is 19.6. The van der Waals surface area contributed by atoms with E-state index < -0.39 is 23.2 Å². The molecule has 1 amide bonds. The van der Waals surface area contributed by atoms with Crippen LogP contribution in [-0.2, 0) is 19.9 Å². The molecule has 0 spiro atoms. The Morgan fingerprint density at radius 3 is 1.79 bits per heavy atom. The molecule has 2 atom stereocenters. The highest BCUT2D eigenvalue weighted by Crippen LogP contribution is 2.45.